The smallest absolute Gasteiger partial charge is 0.267 e. The van der Waals surface area contributed by atoms with Gasteiger partial charge in [0.1, 0.15) is 8.64 Å². The zero-order chi connectivity index (χ0) is 28.5. The van der Waals surface area contributed by atoms with Gasteiger partial charge in [0.2, 0.25) is 11.8 Å². The lowest BCUT2D eigenvalue weighted by Crippen LogP contribution is -2.40. The number of amides is 4. The van der Waals surface area contributed by atoms with E-state index < -0.39 is 0 Å². The Bertz CT molecular complexity index is 962. The Kier molecular flexibility index (Phi) is 12.2. The molecule has 4 saturated heterocycles. The summed E-state index contributed by atoms with van der Waals surface area (Å²) in [6.07, 6.45) is 5.56. The molecular weight excluding hydrogens is 593 g/mol. The molecule has 0 aromatic carbocycles. The average molecular weight is 629 g/mol. The number of thioether (sulfide) groups is 2. The van der Waals surface area contributed by atoms with Crippen LogP contribution in [-0.4, -0.2) is 118 Å². The van der Waals surface area contributed by atoms with E-state index in [0.29, 0.717) is 97.0 Å². The third kappa shape index (κ3) is 8.25. The molecule has 0 aromatic rings. The van der Waals surface area contributed by atoms with Gasteiger partial charge in [0.15, 0.2) is 0 Å². The number of hydrogen-bond acceptors (Lipinski definition) is 10. The van der Waals surface area contributed by atoms with Gasteiger partial charge in [-0.25, -0.2) is 0 Å². The molecule has 4 aliphatic rings. The van der Waals surface area contributed by atoms with E-state index in [1.807, 2.05) is 9.80 Å². The Morgan fingerprint density at radius 3 is 1.38 bits per heavy atom. The summed E-state index contributed by atoms with van der Waals surface area (Å²) in [6, 6.07) is 0. The lowest BCUT2D eigenvalue weighted by molar-refractivity contribution is -0.136. The molecule has 10 nitrogen and oxygen atoms in total. The monoisotopic (exact) mass is 628 g/mol. The van der Waals surface area contributed by atoms with Crippen molar-refractivity contribution in [1.82, 2.24) is 19.6 Å². The molecule has 4 fully saturated rings. The fourth-order valence-corrected chi connectivity index (χ4v) is 7.61. The summed E-state index contributed by atoms with van der Waals surface area (Å²) in [5.41, 5.74) is 0. The van der Waals surface area contributed by atoms with Crippen molar-refractivity contribution in [1.29, 1.82) is 0 Å². The van der Waals surface area contributed by atoms with Crippen LogP contribution in [0.2, 0.25) is 0 Å². The van der Waals surface area contributed by atoms with E-state index >= 15 is 0 Å². The molecule has 0 atom stereocenters. The van der Waals surface area contributed by atoms with E-state index in [9.17, 15) is 19.2 Å². The molecule has 4 amide bonds. The Hall–Kier alpha value is -1.58. The predicted octanol–water partition coefficient (Wildman–Crippen LogP) is 2.76. The maximum Gasteiger partial charge on any atom is 0.267 e. The molecule has 220 valence electrons. The molecule has 0 bridgehead atoms. The summed E-state index contributed by atoms with van der Waals surface area (Å²) in [6.45, 7) is 5.90. The van der Waals surface area contributed by atoms with Crippen molar-refractivity contribution in [2.75, 3.05) is 65.7 Å². The first-order chi connectivity index (χ1) is 19.4. The summed E-state index contributed by atoms with van der Waals surface area (Å²) in [7, 11) is 0. The van der Waals surface area contributed by atoms with Crippen LogP contribution in [0, 0.1) is 0 Å². The summed E-state index contributed by atoms with van der Waals surface area (Å²) < 4.78 is 11.5. The zero-order valence-corrected chi connectivity index (χ0v) is 25.9. The molecule has 40 heavy (non-hydrogen) atoms. The van der Waals surface area contributed by atoms with E-state index in [-0.39, 0.29) is 23.6 Å². The fraction of sp³-hybridized carbons (Fsp3) is 0.692. The number of ether oxygens (including phenoxy) is 2. The summed E-state index contributed by atoms with van der Waals surface area (Å²) in [5, 5.41) is 0. The molecule has 4 aliphatic heterocycles. The van der Waals surface area contributed by atoms with Crippen LogP contribution in [-0.2, 0) is 28.7 Å². The number of morpholine rings is 2. The van der Waals surface area contributed by atoms with E-state index in [1.54, 1.807) is 9.80 Å². The van der Waals surface area contributed by atoms with E-state index in [4.69, 9.17) is 33.9 Å². The number of carbonyl (C=O) groups excluding carboxylic acids is 4. The summed E-state index contributed by atoms with van der Waals surface area (Å²) in [4.78, 5) is 58.4. The van der Waals surface area contributed by atoms with E-state index in [1.165, 1.54) is 0 Å². The fourth-order valence-electron chi connectivity index (χ4n) is 4.84. The van der Waals surface area contributed by atoms with Crippen LogP contribution >= 0.6 is 48.0 Å². The third-order valence-electron chi connectivity index (χ3n) is 7.18. The quantitative estimate of drug-likeness (QED) is 0.182. The van der Waals surface area contributed by atoms with Crippen LogP contribution in [0.1, 0.15) is 51.4 Å². The van der Waals surface area contributed by atoms with Crippen molar-refractivity contribution in [2.45, 2.75) is 51.4 Å². The Morgan fingerprint density at radius 2 is 1.00 bits per heavy atom. The van der Waals surface area contributed by atoms with Crippen molar-refractivity contribution >= 4 is 80.2 Å². The Balaban J connectivity index is 1.18. The number of rotatable bonds is 12. The first kappa shape index (κ1) is 31.4. The van der Waals surface area contributed by atoms with Gasteiger partial charge in [-0.05, 0) is 25.7 Å². The van der Waals surface area contributed by atoms with Gasteiger partial charge in [-0.1, -0.05) is 60.8 Å². The molecule has 14 heteroatoms. The lowest BCUT2D eigenvalue weighted by Gasteiger charge is -2.26. The topological polar surface area (TPSA) is 99.7 Å². The highest BCUT2D eigenvalue weighted by Crippen LogP contribution is 2.42. The van der Waals surface area contributed by atoms with Crippen molar-refractivity contribution < 1.29 is 28.7 Å². The number of unbranched alkanes of at least 4 members (excludes halogenated alkanes) is 4. The van der Waals surface area contributed by atoms with Gasteiger partial charge in [-0.3, -0.25) is 29.0 Å². The van der Waals surface area contributed by atoms with Crippen molar-refractivity contribution in [3.63, 3.8) is 0 Å². The summed E-state index contributed by atoms with van der Waals surface area (Å²) >= 11 is 13.2. The zero-order valence-electron chi connectivity index (χ0n) is 22.6. The van der Waals surface area contributed by atoms with Crippen LogP contribution in [0.4, 0.5) is 0 Å². The highest BCUT2D eigenvalue weighted by atomic mass is 32.2. The van der Waals surface area contributed by atoms with Gasteiger partial charge < -0.3 is 19.3 Å². The third-order valence-corrected chi connectivity index (χ3v) is 10.2. The van der Waals surface area contributed by atoms with Gasteiger partial charge in [0.05, 0.1) is 36.2 Å². The van der Waals surface area contributed by atoms with Crippen molar-refractivity contribution in [2.24, 2.45) is 0 Å². The Labute approximate surface area is 254 Å². The molecule has 0 radical (unpaired) electrons. The van der Waals surface area contributed by atoms with E-state index in [2.05, 4.69) is 0 Å². The van der Waals surface area contributed by atoms with Gasteiger partial charge in [0.25, 0.3) is 11.8 Å². The lowest BCUT2D eigenvalue weighted by atomic mass is 10.1. The first-order valence-electron chi connectivity index (χ1n) is 13.9. The number of carbonyl (C=O) groups is 4. The molecule has 4 heterocycles. The normalized spacial score (nSPS) is 22.2. The van der Waals surface area contributed by atoms with Crippen LogP contribution in [0.15, 0.2) is 9.81 Å². The van der Waals surface area contributed by atoms with Crippen molar-refractivity contribution in [3.8, 4) is 0 Å². The number of thiocarbonyl (C=S) groups is 2. The maximum atomic E-state index is 13.1. The minimum absolute atomic E-state index is 0.150. The van der Waals surface area contributed by atoms with Crippen LogP contribution in [0.3, 0.4) is 0 Å². The SMILES string of the molecule is O=C(CCCCCN1C(=O)C(=C2SC(=S)N(CCCCCC(=O)N3CCOCC3)C2=O)SC1=S)N1CCOCC1. The van der Waals surface area contributed by atoms with Gasteiger partial charge in [-0.15, -0.1) is 0 Å². The van der Waals surface area contributed by atoms with E-state index in [0.717, 1.165) is 62.0 Å². The van der Waals surface area contributed by atoms with Crippen LogP contribution in [0.5, 0.6) is 0 Å². The largest absolute Gasteiger partial charge is 0.378 e. The average Bonchev–Trinajstić information content (AvgIpc) is 3.41. The molecule has 0 unspecified atom stereocenters. The number of hydrogen-bond donors (Lipinski definition) is 0. The number of nitrogens with zero attached hydrogens (tertiary/aromatic N) is 4. The van der Waals surface area contributed by atoms with Gasteiger partial charge >= 0.3 is 0 Å². The Morgan fingerprint density at radius 1 is 0.625 bits per heavy atom. The standard InChI is InChI=1S/C26H36N4O6S4/c31-19(27-11-15-35-16-12-27)7-3-1-5-9-29-23(33)21(39-25(29)37)22-24(34)30(26(38)40-22)10-6-2-4-8-20(32)28-13-17-36-18-14-28/h1-18H2. The molecule has 0 aliphatic carbocycles. The maximum absolute atomic E-state index is 13.1. The molecule has 0 spiro atoms. The second-order valence-electron chi connectivity index (χ2n) is 9.92. The second kappa shape index (κ2) is 15.6. The van der Waals surface area contributed by atoms with Crippen LogP contribution in [0.25, 0.3) is 0 Å². The summed E-state index contributed by atoms with van der Waals surface area (Å²) in [5.74, 6) is -0.196. The second-order valence-corrected chi connectivity index (χ2v) is 13.2. The molecule has 0 N–H and O–H groups in total. The first-order valence-corrected chi connectivity index (χ1v) is 16.3. The predicted molar refractivity (Wildman–Crippen MR) is 163 cm³/mol. The minimum atomic E-state index is -0.249. The van der Waals surface area contributed by atoms with Crippen LogP contribution < -0.4 is 0 Å². The van der Waals surface area contributed by atoms with Gasteiger partial charge in [0, 0.05) is 52.1 Å². The molecular formula is C26H36N4O6S4. The highest BCUT2D eigenvalue weighted by Gasteiger charge is 2.41. The molecule has 4 rings (SSSR count). The minimum Gasteiger partial charge on any atom is -0.378 e. The molecule has 0 saturated carbocycles. The van der Waals surface area contributed by atoms with Gasteiger partial charge in [-0.2, -0.15) is 0 Å². The highest BCUT2D eigenvalue weighted by molar-refractivity contribution is 8.29. The molecule has 0 aromatic heterocycles. The van der Waals surface area contributed by atoms with Crippen molar-refractivity contribution in [3.05, 3.63) is 9.81 Å².